The second-order valence-electron chi connectivity index (χ2n) is 7.29. The van der Waals surface area contributed by atoms with Gasteiger partial charge in [-0.25, -0.2) is 0 Å². The maximum Gasteiger partial charge on any atom is 0.251 e. The Hall–Kier alpha value is -3.60. The summed E-state index contributed by atoms with van der Waals surface area (Å²) in [6.07, 6.45) is 1.93. The monoisotopic (exact) mass is 400 g/mol. The minimum atomic E-state index is -0.0988. The molecule has 5 nitrogen and oxygen atoms in total. The summed E-state index contributed by atoms with van der Waals surface area (Å²) in [6, 6.07) is 23.4. The molecule has 2 amide bonds. The molecule has 2 N–H and O–H groups in total. The van der Waals surface area contributed by atoms with Gasteiger partial charge in [-0.2, -0.15) is 0 Å². The Bertz CT molecular complexity index is 1050. The highest BCUT2D eigenvalue weighted by atomic mass is 16.5. The van der Waals surface area contributed by atoms with Gasteiger partial charge >= 0.3 is 0 Å². The molecule has 0 atom stereocenters. The molecular formula is C25H24N2O3. The predicted octanol–water partition coefficient (Wildman–Crippen LogP) is 3.97. The quantitative estimate of drug-likeness (QED) is 0.590. The molecule has 0 bridgehead atoms. The van der Waals surface area contributed by atoms with Crippen molar-refractivity contribution >= 4 is 17.5 Å². The number of amides is 2. The second kappa shape index (κ2) is 9.27. The van der Waals surface area contributed by atoms with Crippen molar-refractivity contribution in [1.82, 2.24) is 5.32 Å². The van der Waals surface area contributed by atoms with Crippen LogP contribution >= 0.6 is 0 Å². The normalized spacial score (nSPS) is 12.6. The molecular weight excluding hydrogens is 376 g/mol. The first-order valence-corrected chi connectivity index (χ1v) is 10.1. The summed E-state index contributed by atoms with van der Waals surface area (Å²) in [5, 5.41) is 5.80. The van der Waals surface area contributed by atoms with Crippen molar-refractivity contribution in [3.05, 3.63) is 95.1 Å². The molecule has 1 aliphatic rings. The number of ether oxygens (including phenoxy) is 1. The van der Waals surface area contributed by atoms with Gasteiger partial charge in [-0.3, -0.25) is 9.59 Å². The van der Waals surface area contributed by atoms with Gasteiger partial charge in [0.1, 0.15) is 12.4 Å². The maximum absolute atomic E-state index is 12.7. The molecule has 0 saturated heterocycles. The molecule has 0 fully saturated rings. The van der Waals surface area contributed by atoms with Crippen LogP contribution in [-0.4, -0.2) is 25.0 Å². The minimum absolute atomic E-state index is 0.0476. The van der Waals surface area contributed by atoms with Crippen LogP contribution in [0.15, 0.2) is 72.8 Å². The third-order valence-corrected chi connectivity index (χ3v) is 5.13. The van der Waals surface area contributed by atoms with E-state index < -0.39 is 0 Å². The molecule has 5 heteroatoms. The molecule has 0 saturated carbocycles. The number of carbonyl (C=O) groups excluding carboxylic acids is 2. The molecule has 3 aromatic carbocycles. The van der Waals surface area contributed by atoms with Crippen molar-refractivity contribution in [3.8, 4) is 5.75 Å². The van der Waals surface area contributed by atoms with E-state index in [2.05, 4.69) is 22.8 Å². The molecule has 1 heterocycles. The van der Waals surface area contributed by atoms with Gasteiger partial charge in [0.25, 0.3) is 5.91 Å². The van der Waals surface area contributed by atoms with Gasteiger partial charge < -0.3 is 15.4 Å². The number of nitrogens with one attached hydrogen (secondary N) is 2. The van der Waals surface area contributed by atoms with Gasteiger partial charge in [0, 0.05) is 17.7 Å². The highest BCUT2D eigenvalue weighted by Gasteiger charge is 2.15. The topological polar surface area (TPSA) is 67.4 Å². The summed E-state index contributed by atoms with van der Waals surface area (Å²) < 4.78 is 5.78. The Morgan fingerprint density at radius 1 is 0.967 bits per heavy atom. The number of hydrogen-bond donors (Lipinski definition) is 2. The third-order valence-electron chi connectivity index (χ3n) is 5.13. The van der Waals surface area contributed by atoms with Crippen molar-refractivity contribution in [1.29, 1.82) is 0 Å². The van der Waals surface area contributed by atoms with Crippen LogP contribution in [-0.2, 0) is 17.6 Å². The van der Waals surface area contributed by atoms with Crippen molar-refractivity contribution < 1.29 is 14.3 Å². The fourth-order valence-electron chi connectivity index (χ4n) is 3.59. The van der Waals surface area contributed by atoms with E-state index >= 15 is 0 Å². The Morgan fingerprint density at radius 2 is 1.77 bits per heavy atom. The van der Waals surface area contributed by atoms with Crippen molar-refractivity contribution in [2.45, 2.75) is 19.3 Å². The van der Waals surface area contributed by atoms with Gasteiger partial charge in [-0.05, 0) is 53.8 Å². The lowest BCUT2D eigenvalue weighted by Gasteiger charge is -2.17. The number of fused-ring (bicyclic) bond motifs is 1. The lowest BCUT2D eigenvalue weighted by Crippen LogP contribution is -2.29. The highest BCUT2D eigenvalue weighted by Crippen LogP contribution is 2.26. The van der Waals surface area contributed by atoms with Crippen molar-refractivity contribution in [2.24, 2.45) is 0 Å². The summed E-state index contributed by atoms with van der Waals surface area (Å²) >= 11 is 0. The van der Waals surface area contributed by atoms with E-state index in [1.807, 2.05) is 60.7 Å². The van der Waals surface area contributed by atoms with Crippen molar-refractivity contribution in [3.63, 3.8) is 0 Å². The van der Waals surface area contributed by atoms with E-state index in [1.54, 1.807) is 0 Å². The van der Waals surface area contributed by atoms with E-state index in [9.17, 15) is 9.59 Å². The Balaban J connectivity index is 1.31. The van der Waals surface area contributed by atoms with E-state index in [1.165, 1.54) is 5.56 Å². The fourth-order valence-corrected chi connectivity index (χ4v) is 3.59. The van der Waals surface area contributed by atoms with E-state index in [-0.39, 0.29) is 11.8 Å². The average molecular weight is 400 g/mol. The van der Waals surface area contributed by atoms with Crippen LogP contribution in [0.3, 0.4) is 0 Å². The largest absolute Gasteiger partial charge is 0.492 e. The summed E-state index contributed by atoms with van der Waals surface area (Å²) in [6.45, 7) is 0.782. The zero-order chi connectivity index (χ0) is 20.8. The van der Waals surface area contributed by atoms with E-state index in [4.69, 9.17) is 4.74 Å². The molecule has 0 aromatic heterocycles. The number of carbonyl (C=O) groups is 2. The zero-order valence-corrected chi connectivity index (χ0v) is 16.7. The van der Waals surface area contributed by atoms with Gasteiger partial charge in [0.05, 0.1) is 6.54 Å². The molecule has 152 valence electrons. The van der Waals surface area contributed by atoms with E-state index in [0.29, 0.717) is 38.0 Å². The molecule has 30 heavy (non-hydrogen) atoms. The Labute approximate surface area is 176 Å². The first-order chi connectivity index (χ1) is 14.7. The Kier molecular flexibility index (Phi) is 6.09. The minimum Gasteiger partial charge on any atom is -0.492 e. The summed E-state index contributed by atoms with van der Waals surface area (Å²) in [4.78, 5) is 24.1. The number of anilines is 1. The molecule has 1 aliphatic heterocycles. The zero-order valence-electron chi connectivity index (χ0n) is 16.7. The van der Waals surface area contributed by atoms with Gasteiger partial charge in [-0.1, -0.05) is 48.5 Å². The number of benzene rings is 3. The summed E-state index contributed by atoms with van der Waals surface area (Å²) in [5.74, 6) is 0.688. The number of rotatable bonds is 7. The van der Waals surface area contributed by atoms with Crippen LogP contribution in [0.1, 0.15) is 33.5 Å². The number of hydrogen-bond acceptors (Lipinski definition) is 3. The van der Waals surface area contributed by atoms with Gasteiger partial charge in [0.15, 0.2) is 0 Å². The lowest BCUT2D eigenvalue weighted by atomic mass is 9.99. The summed E-state index contributed by atoms with van der Waals surface area (Å²) in [7, 11) is 0. The van der Waals surface area contributed by atoms with Crippen LogP contribution in [0, 0.1) is 0 Å². The summed E-state index contributed by atoms with van der Waals surface area (Å²) in [5.41, 5.74) is 4.78. The van der Waals surface area contributed by atoms with Crippen molar-refractivity contribution in [2.75, 3.05) is 18.5 Å². The molecule has 0 unspecified atom stereocenters. The first-order valence-electron chi connectivity index (χ1n) is 10.1. The number of aryl methyl sites for hydroxylation is 1. The predicted molar refractivity (Wildman–Crippen MR) is 117 cm³/mol. The van der Waals surface area contributed by atoms with Crippen LogP contribution in [0.4, 0.5) is 5.69 Å². The van der Waals surface area contributed by atoms with Crippen LogP contribution in [0.2, 0.25) is 0 Å². The average Bonchev–Trinajstić information content (AvgIpc) is 2.77. The molecule has 0 radical (unpaired) electrons. The standard InChI is InChI=1S/C25H24N2O3/c28-24-13-10-20-17-21(11-12-23(20)27-24)30-15-14-26-25(29)22-9-5-4-8-19(22)16-18-6-2-1-3-7-18/h1-9,11-12,17H,10,13-16H2,(H,26,29)(H,27,28). The van der Waals surface area contributed by atoms with E-state index in [0.717, 1.165) is 22.6 Å². The Morgan fingerprint density at radius 3 is 2.63 bits per heavy atom. The lowest BCUT2D eigenvalue weighted by molar-refractivity contribution is -0.116. The SMILES string of the molecule is O=C1CCc2cc(OCCNC(=O)c3ccccc3Cc3ccccc3)ccc2N1. The first kappa shape index (κ1) is 19.7. The van der Waals surface area contributed by atoms with Gasteiger partial charge in [0.2, 0.25) is 5.91 Å². The molecule has 0 spiro atoms. The molecule has 0 aliphatic carbocycles. The van der Waals surface area contributed by atoms with Crippen LogP contribution in [0.5, 0.6) is 5.75 Å². The fraction of sp³-hybridized carbons (Fsp3) is 0.200. The van der Waals surface area contributed by atoms with Crippen LogP contribution in [0.25, 0.3) is 0 Å². The van der Waals surface area contributed by atoms with Crippen LogP contribution < -0.4 is 15.4 Å². The maximum atomic E-state index is 12.7. The highest BCUT2D eigenvalue weighted by molar-refractivity contribution is 5.96. The molecule has 3 aromatic rings. The van der Waals surface area contributed by atoms with Gasteiger partial charge in [-0.15, -0.1) is 0 Å². The third kappa shape index (κ3) is 4.87. The smallest absolute Gasteiger partial charge is 0.251 e. The molecule has 4 rings (SSSR count). The second-order valence-corrected chi connectivity index (χ2v) is 7.29.